The second kappa shape index (κ2) is 14.0. The van der Waals surface area contributed by atoms with E-state index < -0.39 is 7.14 Å². The molecule has 10 rings (SSSR count). The average molecular weight is 736 g/mol. The van der Waals surface area contributed by atoms with Crippen LogP contribution in [0.5, 0.6) is 0 Å². The molecule has 56 heavy (non-hydrogen) atoms. The largest absolute Gasteiger partial charge is 0.309 e. The quantitative estimate of drug-likeness (QED) is 0.121. The molecule has 9 aromatic carbocycles. The van der Waals surface area contributed by atoms with E-state index in [-0.39, 0.29) is 0 Å². The monoisotopic (exact) mass is 735 g/mol. The summed E-state index contributed by atoms with van der Waals surface area (Å²) in [5.74, 6) is 1.82. The van der Waals surface area contributed by atoms with Crippen molar-refractivity contribution in [2.24, 2.45) is 0 Å². The predicted molar refractivity (Wildman–Crippen MR) is 233 cm³/mol. The maximum absolute atomic E-state index is 15.2. The van der Waals surface area contributed by atoms with Gasteiger partial charge in [-0.05, 0) is 50.2 Å². The molecule has 4 nitrogen and oxygen atoms in total. The highest BCUT2D eigenvalue weighted by atomic mass is 31.2. The normalized spacial score (nSPS) is 11.6. The molecule has 0 spiro atoms. The zero-order chi connectivity index (χ0) is 37.5. The van der Waals surface area contributed by atoms with E-state index in [0.29, 0.717) is 17.5 Å². The number of nitrogens with zero attached hydrogens (tertiary/aromatic N) is 3. The third-order valence-corrected chi connectivity index (χ3v) is 13.7. The van der Waals surface area contributed by atoms with Gasteiger partial charge in [-0.3, -0.25) is 0 Å². The molecule has 1 heterocycles. The van der Waals surface area contributed by atoms with Gasteiger partial charge in [-0.2, -0.15) is 0 Å². The first-order valence-corrected chi connectivity index (χ1v) is 20.4. The molecule has 10 aromatic rings. The van der Waals surface area contributed by atoms with Gasteiger partial charge in [0.15, 0.2) is 24.6 Å². The standard InChI is InChI=1S/C51H34N3OP/c55-56(39-21-9-3-10-22-39,40-23-11-4-12-24-40)41-31-29-35(30-32-41)38-33-46-44-27-14-13-25-42(44)43-26-15-16-28-45(43)48(46)47(34-38)51-53-49(36-17-5-1-6-18-36)52-50(54-51)37-19-7-2-8-20-37/h1-34H. The minimum atomic E-state index is -3.14. The lowest BCUT2D eigenvalue weighted by molar-refractivity contribution is 0.592. The van der Waals surface area contributed by atoms with Crippen LogP contribution in [0.2, 0.25) is 0 Å². The van der Waals surface area contributed by atoms with Gasteiger partial charge in [0.1, 0.15) is 0 Å². The van der Waals surface area contributed by atoms with E-state index >= 15 is 4.57 Å². The first kappa shape index (κ1) is 33.6. The second-order valence-electron chi connectivity index (χ2n) is 13.9. The van der Waals surface area contributed by atoms with Crippen LogP contribution < -0.4 is 15.9 Å². The van der Waals surface area contributed by atoms with E-state index in [4.69, 9.17) is 15.0 Å². The summed E-state index contributed by atoms with van der Waals surface area (Å²) in [5, 5.41) is 9.24. The van der Waals surface area contributed by atoms with Crippen LogP contribution in [0.15, 0.2) is 206 Å². The molecule has 0 amide bonds. The molecule has 0 saturated heterocycles. The van der Waals surface area contributed by atoms with Crippen LogP contribution in [-0.4, -0.2) is 15.0 Å². The highest BCUT2D eigenvalue weighted by molar-refractivity contribution is 7.85. The lowest BCUT2D eigenvalue weighted by Gasteiger charge is -2.20. The number of aromatic nitrogens is 3. The topological polar surface area (TPSA) is 55.7 Å². The maximum Gasteiger partial charge on any atom is 0.171 e. The Morgan fingerprint density at radius 2 is 0.696 bits per heavy atom. The summed E-state index contributed by atoms with van der Waals surface area (Å²) in [7, 11) is -3.14. The fraction of sp³-hybridized carbons (Fsp3) is 0. The van der Waals surface area contributed by atoms with E-state index in [0.717, 1.165) is 65.3 Å². The maximum atomic E-state index is 15.2. The number of hydrogen-bond donors (Lipinski definition) is 0. The molecule has 5 heteroatoms. The van der Waals surface area contributed by atoms with E-state index in [9.17, 15) is 0 Å². The Kier molecular flexibility index (Phi) is 8.40. The van der Waals surface area contributed by atoms with Crippen LogP contribution in [0.4, 0.5) is 0 Å². The van der Waals surface area contributed by atoms with Crippen molar-refractivity contribution in [3.63, 3.8) is 0 Å². The average Bonchev–Trinajstić information content (AvgIpc) is 3.29. The lowest BCUT2D eigenvalue weighted by Crippen LogP contribution is -2.24. The van der Waals surface area contributed by atoms with Gasteiger partial charge >= 0.3 is 0 Å². The van der Waals surface area contributed by atoms with Gasteiger partial charge in [0.05, 0.1) is 0 Å². The first-order valence-electron chi connectivity index (χ1n) is 18.7. The highest BCUT2D eigenvalue weighted by Gasteiger charge is 2.29. The summed E-state index contributed by atoms with van der Waals surface area (Å²) in [6, 6.07) is 69.8. The molecule has 0 aliphatic rings. The van der Waals surface area contributed by atoms with Gasteiger partial charge in [0, 0.05) is 38.0 Å². The number of hydrogen-bond acceptors (Lipinski definition) is 4. The van der Waals surface area contributed by atoms with Crippen LogP contribution in [0.1, 0.15) is 0 Å². The van der Waals surface area contributed by atoms with E-state index in [1.165, 1.54) is 10.8 Å². The minimum Gasteiger partial charge on any atom is -0.309 e. The summed E-state index contributed by atoms with van der Waals surface area (Å²) in [6.07, 6.45) is 0. The van der Waals surface area contributed by atoms with Gasteiger partial charge in [0.2, 0.25) is 0 Å². The van der Waals surface area contributed by atoms with Crippen LogP contribution in [0.3, 0.4) is 0 Å². The van der Waals surface area contributed by atoms with Crippen LogP contribution >= 0.6 is 7.14 Å². The molecule has 0 aliphatic carbocycles. The zero-order valence-corrected chi connectivity index (χ0v) is 31.2. The Hall–Kier alpha value is -7.00. The molecule has 1 aromatic heterocycles. The summed E-state index contributed by atoms with van der Waals surface area (Å²) in [5.41, 5.74) is 4.76. The van der Waals surface area contributed by atoms with Crippen molar-refractivity contribution in [3.05, 3.63) is 206 Å². The van der Waals surface area contributed by atoms with Crippen molar-refractivity contribution in [2.75, 3.05) is 0 Å². The molecule has 0 aliphatic heterocycles. The number of benzene rings is 9. The molecule has 0 N–H and O–H groups in total. The minimum absolute atomic E-state index is 0.597. The fourth-order valence-electron chi connectivity index (χ4n) is 7.89. The van der Waals surface area contributed by atoms with Gasteiger partial charge in [0.25, 0.3) is 0 Å². The third-order valence-electron chi connectivity index (χ3n) is 10.6. The molecule has 0 saturated carbocycles. The molecule has 0 unspecified atom stereocenters. The molecule has 0 radical (unpaired) electrons. The van der Waals surface area contributed by atoms with Crippen molar-refractivity contribution in [1.29, 1.82) is 0 Å². The molecule has 0 fully saturated rings. The Labute approximate surface area is 325 Å². The second-order valence-corrected chi connectivity index (χ2v) is 16.7. The SMILES string of the molecule is O=P(c1ccccc1)(c1ccccc1)c1ccc(-c2cc(-c3nc(-c4ccccc4)nc(-c4ccccc4)n3)c3c4ccccc4c4ccccc4c3c2)cc1. The van der Waals surface area contributed by atoms with Crippen molar-refractivity contribution in [2.45, 2.75) is 0 Å². The molecule has 0 atom stereocenters. The highest BCUT2D eigenvalue weighted by Crippen LogP contribution is 2.45. The van der Waals surface area contributed by atoms with E-state index in [1.807, 2.05) is 133 Å². The molecule has 0 bridgehead atoms. The van der Waals surface area contributed by atoms with Gasteiger partial charge in [-0.1, -0.05) is 194 Å². The van der Waals surface area contributed by atoms with Gasteiger partial charge in [-0.25, -0.2) is 15.0 Å². The van der Waals surface area contributed by atoms with Crippen LogP contribution in [-0.2, 0) is 4.57 Å². The summed E-state index contributed by atoms with van der Waals surface area (Å²) < 4.78 is 15.2. The molecular weight excluding hydrogens is 702 g/mol. The number of fused-ring (bicyclic) bond motifs is 6. The van der Waals surface area contributed by atoms with Crippen molar-refractivity contribution < 1.29 is 4.57 Å². The zero-order valence-electron chi connectivity index (χ0n) is 30.3. The summed E-state index contributed by atoms with van der Waals surface area (Å²) >= 11 is 0. The number of rotatable bonds is 7. The van der Waals surface area contributed by atoms with Crippen molar-refractivity contribution in [1.82, 2.24) is 15.0 Å². The van der Waals surface area contributed by atoms with Crippen LogP contribution in [0.25, 0.3) is 77.6 Å². The smallest absolute Gasteiger partial charge is 0.171 e. The Bertz CT molecular complexity index is 2980. The Morgan fingerprint density at radius 1 is 0.304 bits per heavy atom. The molecular formula is C51H34N3OP. The summed E-state index contributed by atoms with van der Waals surface area (Å²) in [4.78, 5) is 15.5. The van der Waals surface area contributed by atoms with Gasteiger partial charge in [-0.15, -0.1) is 0 Å². The van der Waals surface area contributed by atoms with E-state index in [2.05, 4.69) is 72.8 Å². The van der Waals surface area contributed by atoms with Crippen molar-refractivity contribution in [3.8, 4) is 45.3 Å². The fourth-order valence-corrected chi connectivity index (χ4v) is 10.5. The predicted octanol–water partition coefficient (Wildman–Crippen LogP) is 11.6. The van der Waals surface area contributed by atoms with Crippen LogP contribution in [0, 0.1) is 0 Å². The Balaban J connectivity index is 1.24. The summed E-state index contributed by atoms with van der Waals surface area (Å²) in [6.45, 7) is 0. The lowest BCUT2D eigenvalue weighted by atomic mass is 9.88. The first-order chi connectivity index (χ1) is 27.6. The third kappa shape index (κ3) is 5.80. The molecule has 264 valence electrons. The van der Waals surface area contributed by atoms with Gasteiger partial charge < -0.3 is 4.57 Å². The Morgan fingerprint density at radius 3 is 1.21 bits per heavy atom. The van der Waals surface area contributed by atoms with Crippen molar-refractivity contribution >= 4 is 55.4 Å². The van der Waals surface area contributed by atoms with E-state index in [1.54, 1.807) is 0 Å².